The van der Waals surface area contributed by atoms with Crippen molar-refractivity contribution in [2.45, 2.75) is 25.7 Å². The monoisotopic (exact) mass is 408 g/mol. The highest BCUT2D eigenvalue weighted by atomic mass is 16.1. The molecule has 0 N–H and O–H groups in total. The quantitative estimate of drug-likeness (QED) is 0.357. The Labute approximate surface area is 181 Å². The molecule has 2 rings (SSSR count). The van der Waals surface area contributed by atoms with E-state index in [0.717, 1.165) is 49.9 Å². The number of hydrogen-bond donors (Lipinski definition) is 0. The molecule has 0 aromatic heterocycles. The first-order valence-electron chi connectivity index (χ1n) is 10.9. The van der Waals surface area contributed by atoms with E-state index in [1.165, 1.54) is 0 Å². The number of hydrogen-bond acceptors (Lipinski definition) is 4. The van der Waals surface area contributed by atoms with Gasteiger partial charge < -0.3 is 9.80 Å². The molecule has 0 radical (unpaired) electrons. The van der Waals surface area contributed by atoms with Crippen LogP contribution >= 0.6 is 0 Å². The molecule has 0 saturated heterocycles. The van der Waals surface area contributed by atoms with Crippen LogP contribution in [0.15, 0.2) is 60.7 Å². The van der Waals surface area contributed by atoms with Crippen LogP contribution in [0, 0.1) is 11.8 Å². The summed E-state index contributed by atoms with van der Waals surface area (Å²) in [5.41, 5.74) is 1.57. The second-order valence-electron chi connectivity index (χ2n) is 8.66. The second kappa shape index (κ2) is 12.4. The Hall–Kier alpha value is -2.30. The van der Waals surface area contributed by atoms with E-state index in [-0.39, 0.29) is 23.4 Å². The molecule has 0 unspecified atom stereocenters. The lowest BCUT2D eigenvalue weighted by Crippen LogP contribution is -2.29. The van der Waals surface area contributed by atoms with Crippen molar-refractivity contribution >= 4 is 11.6 Å². The molecule has 4 nitrogen and oxygen atoms in total. The molecule has 0 aliphatic rings. The van der Waals surface area contributed by atoms with Crippen molar-refractivity contribution in [1.82, 2.24) is 9.80 Å². The molecule has 0 amide bonds. The molecule has 0 aliphatic heterocycles. The first-order chi connectivity index (χ1) is 14.4. The molecule has 0 aliphatic carbocycles. The van der Waals surface area contributed by atoms with Gasteiger partial charge in [-0.05, 0) is 41.0 Å². The van der Waals surface area contributed by atoms with Crippen LogP contribution in [0.25, 0.3) is 0 Å². The number of carbonyl (C=O) groups excluding carboxylic acids is 2. The first-order valence-corrected chi connectivity index (χ1v) is 10.9. The van der Waals surface area contributed by atoms with E-state index in [9.17, 15) is 9.59 Å². The fourth-order valence-electron chi connectivity index (χ4n) is 3.95. The molecule has 0 heterocycles. The predicted molar refractivity (Wildman–Crippen MR) is 124 cm³/mol. The molecular formula is C26H36N2O2. The van der Waals surface area contributed by atoms with E-state index in [4.69, 9.17) is 0 Å². The van der Waals surface area contributed by atoms with Gasteiger partial charge in [-0.1, -0.05) is 73.5 Å². The topological polar surface area (TPSA) is 40.6 Å². The van der Waals surface area contributed by atoms with Crippen LogP contribution in [0.4, 0.5) is 0 Å². The van der Waals surface area contributed by atoms with Crippen LogP contribution in [0.3, 0.4) is 0 Å². The summed E-state index contributed by atoms with van der Waals surface area (Å²) in [6.45, 7) is 1.50. The van der Waals surface area contributed by atoms with E-state index in [2.05, 4.69) is 9.80 Å². The summed E-state index contributed by atoms with van der Waals surface area (Å²) in [6.07, 6.45) is 3.59. The molecular weight excluding hydrogens is 372 g/mol. The van der Waals surface area contributed by atoms with Crippen molar-refractivity contribution in [3.63, 3.8) is 0 Å². The number of benzene rings is 2. The molecule has 2 atom stereocenters. The Morgan fingerprint density at radius 3 is 1.27 bits per heavy atom. The number of unbranched alkanes of at least 4 members (excludes halogenated alkanes) is 1. The van der Waals surface area contributed by atoms with E-state index in [1.807, 2.05) is 88.9 Å². The zero-order chi connectivity index (χ0) is 21.9. The lowest BCUT2D eigenvalue weighted by atomic mass is 9.88. The lowest BCUT2D eigenvalue weighted by molar-refractivity contribution is 0.0867. The van der Waals surface area contributed by atoms with Gasteiger partial charge in [0.05, 0.1) is 0 Å². The van der Waals surface area contributed by atoms with Gasteiger partial charge in [-0.2, -0.15) is 0 Å². The van der Waals surface area contributed by atoms with Crippen LogP contribution in [0.5, 0.6) is 0 Å². The standard InChI is InChI=1S/C26H36N2O2/c1-27(2)19-23(25(29)21-13-7-5-8-14-21)17-11-12-18-24(20-28(3)4)26(30)22-15-9-6-10-16-22/h5-10,13-16,23-24H,11-12,17-20H2,1-4H3/t23-,24+. The highest BCUT2D eigenvalue weighted by molar-refractivity contribution is 5.98. The van der Waals surface area contributed by atoms with Gasteiger partial charge in [-0.3, -0.25) is 9.59 Å². The Morgan fingerprint density at radius 2 is 0.967 bits per heavy atom. The van der Waals surface area contributed by atoms with Crippen molar-refractivity contribution in [2.24, 2.45) is 11.8 Å². The molecule has 0 spiro atoms. The van der Waals surface area contributed by atoms with Gasteiger partial charge in [0.2, 0.25) is 0 Å². The Balaban J connectivity index is 1.95. The predicted octanol–water partition coefficient (Wildman–Crippen LogP) is 4.67. The first kappa shape index (κ1) is 24.0. The Morgan fingerprint density at radius 1 is 0.633 bits per heavy atom. The molecule has 2 aromatic carbocycles. The normalized spacial score (nSPS) is 13.4. The summed E-state index contributed by atoms with van der Waals surface area (Å²) in [7, 11) is 8.04. The summed E-state index contributed by atoms with van der Waals surface area (Å²) in [5, 5.41) is 0. The van der Waals surface area contributed by atoms with Crippen molar-refractivity contribution in [2.75, 3.05) is 41.3 Å². The van der Waals surface area contributed by atoms with Gasteiger partial charge in [0.1, 0.15) is 0 Å². The van der Waals surface area contributed by atoms with Crippen LogP contribution in [0.1, 0.15) is 46.4 Å². The fourth-order valence-corrected chi connectivity index (χ4v) is 3.95. The SMILES string of the molecule is CN(C)C[C@@H](CCCC[C@@H](CN(C)C)C(=O)c1ccccc1)C(=O)c1ccccc1. The minimum absolute atomic E-state index is 0.0143. The molecule has 0 bridgehead atoms. The van der Waals surface area contributed by atoms with E-state index in [1.54, 1.807) is 0 Å². The van der Waals surface area contributed by atoms with E-state index in [0.29, 0.717) is 0 Å². The molecule has 30 heavy (non-hydrogen) atoms. The largest absolute Gasteiger partial charge is 0.309 e. The molecule has 162 valence electrons. The number of rotatable bonds is 13. The average Bonchev–Trinajstić information content (AvgIpc) is 2.74. The fraction of sp³-hybridized carbons (Fsp3) is 0.462. The Kier molecular flexibility index (Phi) is 9.92. The zero-order valence-corrected chi connectivity index (χ0v) is 18.9. The van der Waals surface area contributed by atoms with Crippen LogP contribution in [-0.4, -0.2) is 62.6 Å². The maximum Gasteiger partial charge on any atom is 0.167 e. The number of nitrogens with zero attached hydrogens (tertiary/aromatic N) is 2. The van der Waals surface area contributed by atoms with Crippen molar-refractivity contribution < 1.29 is 9.59 Å². The third kappa shape index (κ3) is 7.85. The van der Waals surface area contributed by atoms with E-state index >= 15 is 0 Å². The van der Waals surface area contributed by atoms with Gasteiger partial charge >= 0.3 is 0 Å². The summed E-state index contributed by atoms with van der Waals surface area (Å²) < 4.78 is 0. The molecule has 0 saturated carbocycles. The van der Waals surface area contributed by atoms with Gasteiger partial charge in [0.25, 0.3) is 0 Å². The number of carbonyl (C=O) groups is 2. The third-order valence-electron chi connectivity index (χ3n) is 5.38. The zero-order valence-electron chi connectivity index (χ0n) is 18.9. The van der Waals surface area contributed by atoms with Gasteiger partial charge in [-0.15, -0.1) is 0 Å². The molecule has 2 aromatic rings. The summed E-state index contributed by atoms with van der Waals surface area (Å²) >= 11 is 0. The Bertz CT molecular complexity index is 705. The summed E-state index contributed by atoms with van der Waals surface area (Å²) in [4.78, 5) is 30.1. The number of ketones is 2. The van der Waals surface area contributed by atoms with E-state index < -0.39 is 0 Å². The third-order valence-corrected chi connectivity index (χ3v) is 5.38. The maximum absolute atomic E-state index is 13.0. The number of Topliss-reactive ketones (excluding diaryl/α,β-unsaturated/α-hetero) is 2. The highest BCUT2D eigenvalue weighted by Gasteiger charge is 2.23. The van der Waals surface area contributed by atoms with Crippen LogP contribution in [0.2, 0.25) is 0 Å². The minimum atomic E-state index is -0.0143. The second-order valence-corrected chi connectivity index (χ2v) is 8.66. The van der Waals surface area contributed by atoms with Gasteiger partial charge in [0, 0.05) is 36.1 Å². The van der Waals surface area contributed by atoms with Gasteiger partial charge in [-0.25, -0.2) is 0 Å². The summed E-state index contributed by atoms with van der Waals surface area (Å²) in [6, 6.07) is 19.1. The molecule has 4 heteroatoms. The van der Waals surface area contributed by atoms with Crippen molar-refractivity contribution in [3.05, 3.63) is 71.8 Å². The maximum atomic E-state index is 13.0. The van der Waals surface area contributed by atoms with Crippen LogP contribution < -0.4 is 0 Å². The van der Waals surface area contributed by atoms with Gasteiger partial charge in [0.15, 0.2) is 11.6 Å². The average molecular weight is 409 g/mol. The highest BCUT2D eigenvalue weighted by Crippen LogP contribution is 2.21. The summed E-state index contributed by atoms with van der Waals surface area (Å²) in [5.74, 6) is 0.406. The van der Waals surface area contributed by atoms with Crippen LogP contribution in [-0.2, 0) is 0 Å². The minimum Gasteiger partial charge on any atom is -0.309 e. The van der Waals surface area contributed by atoms with Crippen molar-refractivity contribution in [1.29, 1.82) is 0 Å². The molecule has 0 fully saturated rings. The smallest absolute Gasteiger partial charge is 0.167 e. The van der Waals surface area contributed by atoms with Crippen molar-refractivity contribution in [3.8, 4) is 0 Å². The lowest BCUT2D eigenvalue weighted by Gasteiger charge is -2.22.